The van der Waals surface area contributed by atoms with E-state index in [0.717, 1.165) is 10.2 Å². The zero-order chi connectivity index (χ0) is 13.2. The van der Waals surface area contributed by atoms with Gasteiger partial charge in [0.1, 0.15) is 12.4 Å². The minimum atomic E-state index is -0.220. The Bertz CT molecular complexity index is 368. The maximum absolute atomic E-state index is 11.3. The average molecular weight is 317 g/mol. The van der Waals surface area contributed by atoms with Gasteiger partial charge in [0.05, 0.1) is 17.7 Å². The Morgan fingerprint density at radius 2 is 2.00 bits per heavy atom. The Kier molecular flexibility index (Phi) is 7.44. The number of hydrogen-bond acceptors (Lipinski definition) is 4. The van der Waals surface area contributed by atoms with Crippen molar-refractivity contribution in [2.75, 3.05) is 26.9 Å². The van der Waals surface area contributed by atoms with Crippen LogP contribution < -0.4 is 4.74 Å². The molecule has 0 saturated heterocycles. The Labute approximate surface area is 115 Å². The van der Waals surface area contributed by atoms with E-state index in [-0.39, 0.29) is 5.97 Å². The summed E-state index contributed by atoms with van der Waals surface area (Å²) in [5.74, 6) is 0.563. The first-order valence-electron chi connectivity index (χ1n) is 5.76. The Balaban J connectivity index is 2.12. The van der Waals surface area contributed by atoms with Crippen LogP contribution in [-0.4, -0.2) is 32.9 Å². The number of benzene rings is 1. The van der Waals surface area contributed by atoms with Crippen molar-refractivity contribution in [1.29, 1.82) is 0 Å². The van der Waals surface area contributed by atoms with Crippen LogP contribution in [0.4, 0.5) is 0 Å². The summed E-state index contributed by atoms with van der Waals surface area (Å²) in [6.07, 6.45) is 0.987. The third-order valence-electron chi connectivity index (χ3n) is 2.17. The highest BCUT2D eigenvalue weighted by molar-refractivity contribution is 9.10. The van der Waals surface area contributed by atoms with Gasteiger partial charge in [-0.2, -0.15) is 0 Å². The summed E-state index contributed by atoms with van der Waals surface area (Å²) in [5.41, 5.74) is 0. The molecule has 0 aliphatic rings. The first-order valence-corrected chi connectivity index (χ1v) is 6.55. The van der Waals surface area contributed by atoms with E-state index in [1.165, 1.54) is 0 Å². The van der Waals surface area contributed by atoms with E-state index < -0.39 is 0 Å². The van der Waals surface area contributed by atoms with Gasteiger partial charge in [-0.25, -0.2) is 0 Å². The lowest BCUT2D eigenvalue weighted by Gasteiger charge is -2.07. The molecule has 4 nitrogen and oxygen atoms in total. The minimum absolute atomic E-state index is 0.220. The number of carbonyl (C=O) groups is 1. The van der Waals surface area contributed by atoms with Crippen molar-refractivity contribution in [3.63, 3.8) is 0 Å². The van der Waals surface area contributed by atoms with Gasteiger partial charge in [-0.15, -0.1) is 0 Å². The molecule has 0 spiro atoms. The molecule has 0 atom stereocenters. The molecule has 1 rings (SSSR count). The van der Waals surface area contributed by atoms with Gasteiger partial charge in [-0.1, -0.05) is 12.1 Å². The molecule has 0 fully saturated rings. The van der Waals surface area contributed by atoms with Gasteiger partial charge in [0.2, 0.25) is 0 Å². The fraction of sp³-hybridized carbons (Fsp3) is 0.462. The van der Waals surface area contributed by atoms with Crippen LogP contribution >= 0.6 is 15.9 Å². The van der Waals surface area contributed by atoms with Crippen LogP contribution in [0.1, 0.15) is 12.8 Å². The van der Waals surface area contributed by atoms with E-state index in [1.807, 2.05) is 24.3 Å². The van der Waals surface area contributed by atoms with Gasteiger partial charge in [-0.05, 0) is 34.5 Å². The van der Waals surface area contributed by atoms with E-state index in [9.17, 15) is 4.79 Å². The predicted molar refractivity (Wildman–Crippen MR) is 71.7 cm³/mol. The molecule has 18 heavy (non-hydrogen) atoms. The second-order valence-corrected chi connectivity index (χ2v) is 4.45. The second-order valence-electron chi connectivity index (χ2n) is 3.60. The molecule has 100 valence electrons. The van der Waals surface area contributed by atoms with Crippen molar-refractivity contribution < 1.29 is 19.0 Å². The molecule has 0 bridgehead atoms. The topological polar surface area (TPSA) is 44.8 Å². The first-order chi connectivity index (χ1) is 8.74. The molecule has 0 aliphatic carbocycles. The third-order valence-corrected chi connectivity index (χ3v) is 2.83. The summed E-state index contributed by atoms with van der Waals surface area (Å²) in [7, 11) is 1.57. The first kappa shape index (κ1) is 15.0. The minimum Gasteiger partial charge on any atom is -0.492 e. The lowest BCUT2D eigenvalue weighted by atomic mass is 10.3. The summed E-state index contributed by atoms with van der Waals surface area (Å²) >= 11 is 3.39. The lowest BCUT2D eigenvalue weighted by Crippen LogP contribution is -2.10. The zero-order valence-corrected chi connectivity index (χ0v) is 11.9. The van der Waals surface area contributed by atoms with Crippen LogP contribution in [0.3, 0.4) is 0 Å². The van der Waals surface area contributed by atoms with E-state index in [1.54, 1.807) is 7.11 Å². The maximum atomic E-state index is 11.3. The summed E-state index contributed by atoms with van der Waals surface area (Å²) in [5, 5.41) is 0. The number of halogens is 1. The van der Waals surface area contributed by atoms with Crippen LogP contribution in [0.25, 0.3) is 0 Å². The molecule has 0 saturated carbocycles. The molecule has 0 heterocycles. The number of rotatable bonds is 8. The van der Waals surface area contributed by atoms with Crippen molar-refractivity contribution in [2.24, 2.45) is 0 Å². The molecule has 5 heteroatoms. The SMILES string of the molecule is COCCOC(=O)CCCOc1ccccc1Br. The van der Waals surface area contributed by atoms with E-state index >= 15 is 0 Å². The monoisotopic (exact) mass is 316 g/mol. The lowest BCUT2D eigenvalue weighted by molar-refractivity contribution is -0.145. The van der Waals surface area contributed by atoms with E-state index in [2.05, 4.69) is 15.9 Å². The predicted octanol–water partition coefficient (Wildman–Crippen LogP) is 2.80. The van der Waals surface area contributed by atoms with Gasteiger partial charge >= 0.3 is 5.97 Å². The van der Waals surface area contributed by atoms with Gasteiger partial charge in [0.15, 0.2) is 0 Å². The fourth-order valence-electron chi connectivity index (χ4n) is 1.27. The highest BCUT2D eigenvalue weighted by Gasteiger charge is 2.03. The van der Waals surface area contributed by atoms with Crippen molar-refractivity contribution >= 4 is 21.9 Å². The summed E-state index contributed by atoms with van der Waals surface area (Å²) in [6, 6.07) is 7.61. The van der Waals surface area contributed by atoms with Crippen LogP contribution in [-0.2, 0) is 14.3 Å². The third kappa shape index (κ3) is 6.02. The summed E-state index contributed by atoms with van der Waals surface area (Å²) < 4.78 is 16.2. The largest absolute Gasteiger partial charge is 0.492 e. The molecule has 0 aromatic heterocycles. The summed E-state index contributed by atoms with van der Waals surface area (Å²) in [4.78, 5) is 11.3. The van der Waals surface area contributed by atoms with Gasteiger partial charge in [-0.3, -0.25) is 4.79 Å². The number of methoxy groups -OCH3 is 1. The highest BCUT2D eigenvalue weighted by Crippen LogP contribution is 2.23. The Hall–Kier alpha value is -1.07. The number of ether oxygens (including phenoxy) is 3. The van der Waals surface area contributed by atoms with Crippen molar-refractivity contribution in [3.8, 4) is 5.75 Å². The molecule has 1 aromatic rings. The number of hydrogen-bond donors (Lipinski definition) is 0. The Morgan fingerprint density at radius 1 is 1.22 bits per heavy atom. The van der Waals surface area contributed by atoms with Crippen molar-refractivity contribution in [1.82, 2.24) is 0 Å². The van der Waals surface area contributed by atoms with Crippen LogP contribution in [0.2, 0.25) is 0 Å². The van der Waals surface area contributed by atoms with Crippen LogP contribution in [0.15, 0.2) is 28.7 Å². The van der Waals surface area contributed by atoms with E-state index in [4.69, 9.17) is 14.2 Å². The van der Waals surface area contributed by atoms with Crippen molar-refractivity contribution in [3.05, 3.63) is 28.7 Å². The van der Waals surface area contributed by atoms with Crippen LogP contribution in [0, 0.1) is 0 Å². The number of para-hydroxylation sites is 1. The molecule has 0 aliphatic heterocycles. The summed E-state index contributed by atoms with van der Waals surface area (Å²) in [6.45, 7) is 1.22. The molecule has 0 amide bonds. The van der Waals surface area contributed by atoms with Gasteiger partial charge in [0, 0.05) is 13.5 Å². The number of carbonyl (C=O) groups excluding carboxylic acids is 1. The Morgan fingerprint density at radius 3 is 2.72 bits per heavy atom. The average Bonchev–Trinajstić information content (AvgIpc) is 2.37. The standard InChI is InChI=1S/C13H17BrO4/c1-16-9-10-18-13(15)7-4-8-17-12-6-3-2-5-11(12)14/h2-3,5-6H,4,7-10H2,1H3. The molecule has 0 radical (unpaired) electrons. The van der Waals surface area contributed by atoms with Crippen LogP contribution in [0.5, 0.6) is 5.75 Å². The van der Waals surface area contributed by atoms with Gasteiger partial charge in [0.25, 0.3) is 0 Å². The molecule has 0 unspecified atom stereocenters. The van der Waals surface area contributed by atoms with Gasteiger partial charge < -0.3 is 14.2 Å². The fourth-order valence-corrected chi connectivity index (χ4v) is 1.67. The highest BCUT2D eigenvalue weighted by atomic mass is 79.9. The maximum Gasteiger partial charge on any atom is 0.305 e. The molecule has 1 aromatic carbocycles. The normalized spacial score (nSPS) is 10.1. The molecular formula is C13H17BrO4. The molecule has 0 N–H and O–H groups in total. The van der Waals surface area contributed by atoms with Crippen molar-refractivity contribution in [2.45, 2.75) is 12.8 Å². The van der Waals surface area contributed by atoms with E-state index in [0.29, 0.717) is 32.7 Å². The zero-order valence-electron chi connectivity index (χ0n) is 10.4. The molecular weight excluding hydrogens is 300 g/mol. The number of esters is 1. The smallest absolute Gasteiger partial charge is 0.305 e. The quantitative estimate of drug-likeness (QED) is 0.546. The second kappa shape index (κ2) is 8.94.